The first kappa shape index (κ1) is 26.1. The maximum atomic E-state index is 13.5. The molecule has 0 atom stereocenters. The highest BCUT2D eigenvalue weighted by Crippen LogP contribution is 2.29. The molecule has 3 aromatic rings. The molecule has 0 aromatic heterocycles. The number of ether oxygens (including phenoxy) is 2. The molecule has 0 radical (unpaired) electrons. The molecule has 8 nitrogen and oxygen atoms in total. The van der Waals surface area contributed by atoms with Crippen LogP contribution in [0.2, 0.25) is 5.02 Å². The molecule has 184 valence electrons. The summed E-state index contributed by atoms with van der Waals surface area (Å²) in [6, 6.07) is 16.4. The Bertz CT molecular complexity index is 1340. The first-order valence-corrected chi connectivity index (χ1v) is 12.4. The Morgan fingerprint density at radius 1 is 1.03 bits per heavy atom. The van der Waals surface area contributed by atoms with Crippen LogP contribution in [-0.2, 0) is 14.8 Å². The summed E-state index contributed by atoms with van der Waals surface area (Å²) in [5, 5.41) is 4.31. The van der Waals surface area contributed by atoms with Crippen molar-refractivity contribution in [3.05, 3.63) is 82.4 Å². The Kier molecular flexibility index (Phi) is 8.37. The van der Waals surface area contributed by atoms with Gasteiger partial charge in [-0.05, 0) is 55.8 Å². The van der Waals surface area contributed by atoms with Crippen molar-refractivity contribution in [1.82, 2.24) is 5.43 Å². The van der Waals surface area contributed by atoms with Crippen LogP contribution in [-0.4, -0.2) is 41.3 Å². The zero-order valence-electron chi connectivity index (χ0n) is 19.8. The Labute approximate surface area is 210 Å². The zero-order chi connectivity index (χ0) is 25.6. The lowest BCUT2D eigenvalue weighted by Gasteiger charge is -2.25. The number of anilines is 1. The number of aryl methyl sites for hydroxylation is 2. The van der Waals surface area contributed by atoms with E-state index in [9.17, 15) is 13.2 Å². The largest absolute Gasteiger partial charge is 0.497 e. The van der Waals surface area contributed by atoms with Gasteiger partial charge in [0.15, 0.2) is 0 Å². The number of nitrogens with zero attached hydrogens (tertiary/aromatic N) is 2. The molecule has 0 aliphatic carbocycles. The van der Waals surface area contributed by atoms with Gasteiger partial charge in [0.2, 0.25) is 0 Å². The highest BCUT2D eigenvalue weighted by Gasteiger charge is 2.28. The molecule has 3 aromatic carbocycles. The predicted octanol–water partition coefficient (Wildman–Crippen LogP) is 4.32. The predicted molar refractivity (Wildman–Crippen MR) is 137 cm³/mol. The van der Waals surface area contributed by atoms with Gasteiger partial charge in [-0.2, -0.15) is 5.10 Å². The van der Waals surface area contributed by atoms with Gasteiger partial charge in [0.25, 0.3) is 15.9 Å². The Morgan fingerprint density at radius 3 is 2.40 bits per heavy atom. The minimum atomic E-state index is -4.07. The summed E-state index contributed by atoms with van der Waals surface area (Å²) in [7, 11) is -1.02. The van der Waals surface area contributed by atoms with Gasteiger partial charge in [-0.1, -0.05) is 35.4 Å². The van der Waals surface area contributed by atoms with Crippen molar-refractivity contribution < 1.29 is 22.7 Å². The van der Waals surface area contributed by atoms with Gasteiger partial charge in [-0.25, -0.2) is 13.8 Å². The van der Waals surface area contributed by atoms with E-state index in [1.807, 2.05) is 6.92 Å². The fourth-order valence-electron chi connectivity index (χ4n) is 3.25. The van der Waals surface area contributed by atoms with Crippen molar-refractivity contribution in [3.8, 4) is 11.5 Å². The molecule has 0 heterocycles. The number of nitrogens with one attached hydrogen (secondary N) is 1. The number of sulfonamides is 1. The van der Waals surface area contributed by atoms with Crippen LogP contribution >= 0.6 is 11.6 Å². The number of benzene rings is 3. The third-order valence-corrected chi connectivity index (χ3v) is 7.18. The summed E-state index contributed by atoms with van der Waals surface area (Å²) < 4.78 is 38.5. The topological polar surface area (TPSA) is 97.3 Å². The van der Waals surface area contributed by atoms with Crippen LogP contribution in [0, 0.1) is 13.8 Å². The van der Waals surface area contributed by atoms with E-state index < -0.39 is 22.5 Å². The molecule has 0 aliphatic rings. The molecule has 0 saturated heterocycles. The van der Waals surface area contributed by atoms with E-state index in [0.29, 0.717) is 33.3 Å². The van der Waals surface area contributed by atoms with E-state index in [4.69, 9.17) is 21.1 Å². The minimum Gasteiger partial charge on any atom is -0.497 e. The molecule has 1 amide bonds. The van der Waals surface area contributed by atoms with Crippen LogP contribution in [0.25, 0.3) is 0 Å². The molecule has 0 unspecified atom stereocenters. The third-order valence-electron chi connectivity index (χ3n) is 5.17. The van der Waals surface area contributed by atoms with Crippen LogP contribution in [0.3, 0.4) is 0 Å². The third kappa shape index (κ3) is 6.32. The number of hydrogen-bond acceptors (Lipinski definition) is 6. The zero-order valence-corrected chi connectivity index (χ0v) is 21.4. The molecule has 3 rings (SSSR count). The lowest BCUT2D eigenvalue weighted by molar-refractivity contribution is -0.119. The number of hydrogen-bond donors (Lipinski definition) is 1. The summed E-state index contributed by atoms with van der Waals surface area (Å²) in [5.41, 5.74) is 4.84. The molecule has 1 N–H and O–H groups in total. The van der Waals surface area contributed by atoms with E-state index in [-0.39, 0.29) is 4.90 Å². The molecule has 0 spiro atoms. The highest BCUT2D eigenvalue weighted by atomic mass is 35.5. The summed E-state index contributed by atoms with van der Waals surface area (Å²) in [6.07, 6.45) is 1.40. The van der Waals surface area contributed by atoms with E-state index >= 15 is 0 Å². The van der Waals surface area contributed by atoms with Crippen molar-refractivity contribution in [2.24, 2.45) is 5.10 Å². The van der Waals surface area contributed by atoms with Crippen molar-refractivity contribution >= 4 is 39.4 Å². The summed E-state index contributed by atoms with van der Waals surface area (Å²) in [4.78, 5) is 12.8. The Balaban J connectivity index is 1.88. The first-order chi connectivity index (χ1) is 16.6. The van der Waals surface area contributed by atoms with Crippen LogP contribution in [0.4, 0.5) is 5.69 Å². The lowest BCUT2D eigenvalue weighted by Crippen LogP contribution is -2.40. The number of halogens is 1. The second-order valence-corrected chi connectivity index (χ2v) is 9.96. The lowest BCUT2D eigenvalue weighted by atomic mass is 10.2. The smallest absolute Gasteiger partial charge is 0.264 e. The quantitative estimate of drug-likeness (QED) is 0.338. The Morgan fingerprint density at radius 2 is 1.74 bits per heavy atom. The van der Waals surface area contributed by atoms with E-state index in [0.717, 1.165) is 9.87 Å². The van der Waals surface area contributed by atoms with Crippen molar-refractivity contribution in [3.63, 3.8) is 0 Å². The fourth-order valence-corrected chi connectivity index (χ4v) is 4.90. The fraction of sp³-hybridized carbons (Fsp3) is 0.200. The monoisotopic (exact) mass is 515 g/mol. The molecule has 35 heavy (non-hydrogen) atoms. The molecule has 0 bridgehead atoms. The molecule has 0 fully saturated rings. The average molecular weight is 516 g/mol. The van der Waals surface area contributed by atoms with Gasteiger partial charge >= 0.3 is 0 Å². The normalized spacial score (nSPS) is 11.3. The maximum absolute atomic E-state index is 13.5. The SMILES string of the molecule is COc1ccc(/C=N\NC(=O)CN(c2cc(Cl)ccc2C)S(=O)(=O)c2ccc(C)cc2)c(OC)c1. The number of methoxy groups -OCH3 is 2. The molecular formula is C25H26ClN3O5S. The number of rotatable bonds is 9. The number of hydrazone groups is 1. The molecule has 10 heteroatoms. The second kappa shape index (κ2) is 11.2. The summed E-state index contributed by atoms with van der Waals surface area (Å²) in [6.45, 7) is 3.10. The van der Waals surface area contributed by atoms with Gasteiger partial charge in [-0.15, -0.1) is 0 Å². The maximum Gasteiger partial charge on any atom is 0.264 e. The number of amides is 1. The Hall–Kier alpha value is -3.56. The van der Waals surface area contributed by atoms with Gasteiger partial charge in [0.1, 0.15) is 18.0 Å². The molecular weight excluding hydrogens is 490 g/mol. The van der Waals surface area contributed by atoms with E-state index in [2.05, 4.69) is 10.5 Å². The van der Waals surface area contributed by atoms with Crippen LogP contribution < -0.4 is 19.2 Å². The van der Waals surface area contributed by atoms with Crippen LogP contribution in [0.15, 0.2) is 70.7 Å². The van der Waals surface area contributed by atoms with Crippen LogP contribution in [0.5, 0.6) is 11.5 Å². The van der Waals surface area contributed by atoms with Crippen molar-refractivity contribution in [1.29, 1.82) is 0 Å². The van der Waals surface area contributed by atoms with Gasteiger partial charge in [-0.3, -0.25) is 9.10 Å². The first-order valence-electron chi connectivity index (χ1n) is 10.5. The average Bonchev–Trinajstić information content (AvgIpc) is 2.84. The number of carbonyl (C=O) groups is 1. The van der Waals surface area contributed by atoms with Crippen molar-refractivity contribution in [2.75, 3.05) is 25.1 Å². The second-order valence-electron chi connectivity index (χ2n) is 7.66. The van der Waals surface area contributed by atoms with Crippen LogP contribution in [0.1, 0.15) is 16.7 Å². The minimum absolute atomic E-state index is 0.0572. The van der Waals surface area contributed by atoms with E-state index in [1.54, 1.807) is 56.5 Å². The van der Waals surface area contributed by atoms with Crippen molar-refractivity contribution in [2.45, 2.75) is 18.7 Å². The summed E-state index contributed by atoms with van der Waals surface area (Å²) in [5.74, 6) is 0.473. The van der Waals surface area contributed by atoms with E-state index in [1.165, 1.54) is 31.5 Å². The van der Waals surface area contributed by atoms with Gasteiger partial charge in [0.05, 0.1) is 31.0 Å². The summed E-state index contributed by atoms with van der Waals surface area (Å²) >= 11 is 6.15. The van der Waals surface area contributed by atoms with Gasteiger partial charge < -0.3 is 9.47 Å². The molecule has 0 saturated carbocycles. The highest BCUT2D eigenvalue weighted by molar-refractivity contribution is 7.92. The number of carbonyl (C=O) groups excluding carboxylic acids is 1. The van der Waals surface area contributed by atoms with Gasteiger partial charge in [0, 0.05) is 16.7 Å². The molecule has 0 aliphatic heterocycles. The standard InChI is InChI=1S/C25H26ClN3O5S/c1-17-5-11-22(12-6-17)35(31,32)29(23-13-20(26)9-7-18(23)2)16-25(30)28-27-15-19-8-10-21(33-3)14-24(19)34-4/h5-15H,16H2,1-4H3,(H,28,30)/b27-15-.